The number of aryl methyl sites for hydroxylation is 2. The van der Waals surface area contributed by atoms with Crippen LogP contribution in [-0.2, 0) is 19.0 Å². The Hall–Kier alpha value is -2.77. The number of methoxy groups -OCH3 is 1. The summed E-state index contributed by atoms with van der Waals surface area (Å²) in [5.41, 5.74) is -0.861. The first-order valence-electron chi connectivity index (χ1n) is 11.2. The molecule has 0 fully saturated rings. The van der Waals surface area contributed by atoms with E-state index in [-0.39, 0.29) is 6.04 Å². The fourth-order valence-corrected chi connectivity index (χ4v) is 4.21. The summed E-state index contributed by atoms with van der Waals surface area (Å²) in [5, 5.41) is 0. The van der Waals surface area contributed by atoms with E-state index in [0.29, 0.717) is 6.42 Å². The normalized spacial score (nSPS) is 21.5. The first kappa shape index (κ1) is 26.5. The molecule has 0 bridgehead atoms. The Labute approximate surface area is 196 Å². The molecule has 0 aliphatic heterocycles. The molecule has 1 unspecified atom stereocenters. The minimum atomic E-state index is -1.27. The summed E-state index contributed by atoms with van der Waals surface area (Å²) in [5.74, 6) is -0.534. The van der Waals surface area contributed by atoms with Gasteiger partial charge in [0.1, 0.15) is 16.6 Å². The number of aromatic nitrogens is 1. The number of carbonyl (C=O) groups is 3. The molecule has 2 rings (SSSR count). The number of hydrogen-bond acceptors (Lipinski definition) is 6. The molecule has 8 heteroatoms. The topological polar surface area (TPSA) is 87.1 Å². The second kappa shape index (κ2) is 9.23. The summed E-state index contributed by atoms with van der Waals surface area (Å²) < 4.78 is 18.3. The molecule has 0 aromatic carbocycles. The number of rotatable bonds is 4. The number of imide groups is 1. The van der Waals surface area contributed by atoms with Gasteiger partial charge in [-0.3, -0.25) is 4.79 Å². The van der Waals surface area contributed by atoms with Crippen molar-refractivity contribution in [3.63, 3.8) is 0 Å². The van der Waals surface area contributed by atoms with E-state index in [1.165, 1.54) is 7.11 Å². The molecular formula is C25H38N2O6. The van der Waals surface area contributed by atoms with Gasteiger partial charge in [-0.2, -0.15) is 0 Å². The molecule has 1 heterocycles. The Morgan fingerprint density at radius 2 is 1.45 bits per heavy atom. The van der Waals surface area contributed by atoms with Gasteiger partial charge >= 0.3 is 18.2 Å². The van der Waals surface area contributed by atoms with Crippen molar-refractivity contribution in [2.24, 2.45) is 5.41 Å². The molecular weight excluding hydrogens is 424 g/mol. The van der Waals surface area contributed by atoms with E-state index >= 15 is 0 Å². The molecule has 0 spiro atoms. The highest BCUT2D eigenvalue weighted by Crippen LogP contribution is 2.45. The van der Waals surface area contributed by atoms with Crippen LogP contribution < -0.4 is 0 Å². The first-order valence-corrected chi connectivity index (χ1v) is 11.2. The van der Waals surface area contributed by atoms with Crippen LogP contribution >= 0.6 is 0 Å². The van der Waals surface area contributed by atoms with Crippen molar-refractivity contribution in [3.05, 3.63) is 35.7 Å². The molecule has 0 saturated heterocycles. The van der Waals surface area contributed by atoms with Gasteiger partial charge in [0.05, 0.1) is 19.2 Å². The van der Waals surface area contributed by atoms with Gasteiger partial charge in [0, 0.05) is 11.4 Å². The maximum atomic E-state index is 13.2. The average Bonchev–Trinajstić information content (AvgIpc) is 3.22. The zero-order chi connectivity index (χ0) is 25.4. The van der Waals surface area contributed by atoms with Crippen molar-refractivity contribution in [2.75, 3.05) is 7.11 Å². The second-order valence-electron chi connectivity index (χ2n) is 10.7. The minimum Gasteiger partial charge on any atom is -0.468 e. The monoisotopic (exact) mass is 462 g/mol. The molecule has 1 aliphatic rings. The zero-order valence-corrected chi connectivity index (χ0v) is 21.5. The average molecular weight is 463 g/mol. The quantitative estimate of drug-likeness (QED) is 0.342. The molecule has 2 amide bonds. The molecule has 1 aromatic heterocycles. The lowest BCUT2D eigenvalue weighted by Crippen LogP contribution is -2.56. The number of ether oxygens (including phenoxy) is 3. The van der Waals surface area contributed by atoms with Crippen LogP contribution in [0.3, 0.4) is 0 Å². The lowest BCUT2D eigenvalue weighted by molar-refractivity contribution is -0.153. The third-order valence-electron chi connectivity index (χ3n) is 5.70. The molecule has 0 saturated carbocycles. The Bertz CT molecular complexity index is 886. The first-order chi connectivity index (χ1) is 15.0. The van der Waals surface area contributed by atoms with E-state index in [0.717, 1.165) is 16.3 Å². The predicted octanol–water partition coefficient (Wildman–Crippen LogP) is 5.33. The van der Waals surface area contributed by atoms with E-state index in [9.17, 15) is 14.4 Å². The summed E-state index contributed by atoms with van der Waals surface area (Å²) in [6.07, 6.45) is 2.24. The SMILES string of the molecule is COC(=O)[C@@]1(C(C)N(C(=O)OC(C)(C)C)C(=O)OC(C)(C)C)C=C[C@@H](n2c(C)ccc2C)C1. The second-order valence-corrected chi connectivity index (χ2v) is 10.7. The largest absolute Gasteiger partial charge is 0.468 e. The predicted molar refractivity (Wildman–Crippen MR) is 125 cm³/mol. The van der Waals surface area contributed by atoms with Crippen LogP contribution in [0.4, 0.5) is 9.59 Å². The number of amides is 2. The van der Waals surface area contributed by atoms with Crippen molar-refractivity contribution in [1.82, 2.24) is 9.47 Å². The highest BCUT2D eigenvalue weighted by Gasteiger charge is 2.53. The molecule has 0 N–H and O–H groups in total. The number of esters is 1. The van der Waals surface area contributed by atoms with Gasteiger partial charge < -0.3 is 18.8 Å². The van der Waals surface area contributed by atoms with Crippen molar-refractivity contribution < 1.29 is 28.6 Å². The van der Waals surface area contributed by atoms with Crippen molar-refractivity contribution in [2.45, 2.75) is 92.0 Å². The van der Waals surface area contributed by atoms with E-state index < -0.39 is 40.8 Å². The maximum Gasteiger partial charge on any atom is 0.420 e. The summed E-state index contributed by atoms with van der Waals surface area (Å²) >= 11 is 0. The van der Waals surface area contributed by atoms with Gasteiger partial charge in [-0.25, -0.2) is 14.5 Å². The fraction of sp³-hybridized carbons (Fsp3) is 0.640. The van der Waals surface area contributed by atoms with Gasteiger partial charge in [-0.15, -0.1) is 0 Å². The maximum absolute atomic E-state index is 13.2. The van der Waals surface area contributed by atoms with E-state index in [2.05, 4.69) is 4.57 Å². The molecule has 0 radical (unpaired) electrons. The molecule has 3 atom stereocenters. The van der Waals surface area contributed by atoms with Crippen LogP contribution in [0.25, 0.3) is 0 Å². The summed E-state index contributed by atoms with van der Waals surface area (Å²) in [6.45, 7) is 15.9. The summed E-state index contributed by atoms with van der Waals surface area (Å²) in [4.78, 5) is 40.4. The summed E-state index contributed by atoms with van der Waals surface area (Å²) in [6, 6.07) is 2.96. The van der Waals surface area contributed by atoms with Gasteiger partial charge in [-0.05, 0) is 80.9 Å². The minimum absolute atomic E-state index is 0.138. The molecule has 33 heavy (non-hydrogen) atoms. The van der Waals surface area contributed by atoms with E-state index in [1.54, 1.807) is 54.5 Å². The van der Waals surface area contributed by atoms with Crippen LogP contribution in [-0.4, -0.2) is 52.0 Å². The van der Waals surface area contributed by atoms with Gasteiger partial charge in [0.15, 0.2) is 0 Å². The molecule has 8 nitrogen and oxygen atoms in total. The molecule has 1 aliphatic carbocycles. The lowest BCUT2D eigenvalue weighted by Gasteiger charge is -2.39. The van der Waals surface area contributed by atoms with Crippen molar-refractivity contribution in [1.29, 1.82) is 0 Å². The van der Waals surface area contributed by atoms with Crippen molar-refractivity contribution >= 4 is 18.2 Å². The highest BCUT2D eigenvalue weighted by atomic mass is 16.6. The Morgan fingerprint density at radius 1 is 1.00 bits per heavy atom. The van der Waals surface area contributed by atoms with Gasteiger partial charge in [-0.1, -0.05) is 12.2 Å². The molecule has 184 valence electrons. The van der Waals surface area contributed by atoms with E-state index in [1.807, 2.05) is 32.1 Å². The smallest absolute Gasteiger partial charge is 0.420 e. The Morgan fingerprint density at radius 3 is 1.85 bits per heavy atom. The molecule has 1 aromatic rings. The number of nitrogens with zero attached hydrogens (tertiary/aromatic N) is 2. The Balaban J connectivity index is 2.52. The van der Waals surface area contributed by atoms with E-state index in [4.69, 9.17) is 14.2 Å². The standard InChI is InChI=1S/C25H38N2O6/c1-16-11-12-17(2)26(16)19-13-14-25(15-19,20(28)31-10)18(3)27(21(29)32-23(4,5)6)22(30)33-24(7,8)9/h11-14,18-19H,15H2,1-10H3/t18?,19-,25+/m1/s1. The third-order valence-corrected chi connectivity index (χ3v) is 5.70. The Kier molecular flexibility index (Phi) is 7.41. The lowest BCUT2D eigenvalue weighted by atomic mass is 9.79. The number of hydrogen-bond donors (Lipinski definition) is 0. The number of allylic oxidation sites excluding steroid dienone is 1. The fourth-order valence-electron chi connectivity index (χ4n) is 4.21. The van der Waals surface area contributed by atoms with Gasteiger partial charge in [0.25, 0.3) is 0 Å². The number of carbonyl (C=O) groups excluding carboxylic acids is 3. The van der Waals surface area contributed by atoms with Crippen molar-refractivity contribution in [3.8, 4) is 0 Å². The van der Waals surface area contributed by atoms with Gasteiger partial charge in [0.2, 0.25) is 0 Å². The van der Waals surface area contributed by atoms with Crippen LogP contribution in [0.15, 0.2) is 24.3 Å². The third kappa shape index (κ3) is 5.78. The van der Waals surface area contributed by atoms with Crippen LogP contribution in [0, 0.1) is 19.3 Å². The van der Waals surface area contributed by atoms with Crippen LogP contribution in [0.5, 0.6) is 0 Å². The summed E-state index contributed by atoms with van der Waals surface area (Å²) in [7, 11) is 1.30. The highest BCUT2D eigenvalue weighted by molar-refractivity contribution is 5.91. The van der Waals surface area contributed by atoms with Crippen LogP contribution in [0.2, 0.25) is 0 Å². The zero-order valence-electron chi connectivity index (χ0n) is 21.5. The van der Waals surface area contributed by atoms with Crippen LogP contribution in [0.1, 0.15) is 72.3 Å².